The summed E-state index contributed by atoms with van der Waals surface area (Å²) < 4.78 is 0. The number of hydrogen-bond acceptors (Lipinski definition) is 3. The van der Waals surface area contributed by atoms with E-state index in [1.54, 1.807) is 0 Å². The molecule has 1 unspecified atom stereocenters. The minimum absolute atomic E-state index is 0.0741. The molecule has 0 aromatic rings. The van der Waals surface area contributed by atoms with E-state index in [4.69, 9.17) is 11.5 Å². The third-order valence-corrected chi connectivity index (χ3v) is 0.983. The second kappa shape index (κ2) is 2.96. The summed E-state index contributed by atoms with van der Waals surface area (Å²) in [5.74, 6) is 0. The van der Waals surface area contributed by atoms with Crippen LogP contribution in [0.2, 0.25) is 0 Å². The Kier molecular flexibility index (Phi) is 2.91. The van der Waals surface area contributed by atoms with Crippen LogP contribution in [0.1, 0.15) is 6.92 Å². The zero-order valence-electron chi connectivity index (χ0n) is 4.89. The largest absolute Gasteiger partial charge is 0.318 e. The van der Waals surface area contributed by atoms with E-state index < -0.39 is 0 Å². The molecule has 0 rings (SSSR count). The quantitative estimate of drug-likeness (QED) is 0.447. The highest BCUT2D eigenvalue weighted by Crippen LogP contribution is 1.78. The monoisotopic (exact) mass is 103 g/mol. The summed E-state index contributed by atoms with van der Waals surface area (Å²) in [4.78, 5) is 1.85. The van der Waals surface area contributed by atoms with Gasteiger partial charge in [0.2, 0.25) is 0 Å². The zero-order chi connectivity index (χ0) is 5.86. The van der Waals surface area contributed by atoms with Crippen molar-refractivity contribution in [3.63, 3.8) is 0 Å². The van der Waals surface area contributed by atoms with Crippen molar-refractivity contribution in [2.45, 2.75) is 13.1 Å². The van der Waals surface area contributed by atoms with Gasteiger partial charge >= 0.3 is 0 Å². The minimum Gasteiger partial charge on any atom is -0.318 e. The molecule has 0 aromatic heterocycles. The Balaban J connectivity index is 3.14. The number of hydrogen-bond donors (Lipinski definition) is 2. The van der Waals surface area contributed by atoms with Gasteiger partial charge in [0.1, 0.15) is 0 Å². The van der Waals surface area contributed by atoms with Gasteiger partial charge in [-0.25, -0.2) is 0 Å². The van der Waals surface area contributed by atoms with E-state index in [2.05, 4.69) is 0 Å². The molecule has 1 atom stereocenters. The first kappa shape index (κ1) is 6.88. The molecule has 0 saturated carbocycles. The zero-order valence-corrected chi connectivity index (χ0v) is 4.89. The molecule has 3 heteroatoms. The molecule has 0 bridgehead atoms. The van der Waals surface area contributed by atoms with E-state index in [9.17, 15) is 0 Å². The molecule has 44 valence electrons. The molecular formula is C4H13N3. The summed E-state index contributed by atoms with van der Waals surface area (Å²) in [6, 6.07) is 0. The molecule has 3 nitrogen and oxygen atoms in total. The van der Waals surface area contributed by atoms with Gasteiger partial charge in [-0.3, -0.25) is 4.90 Å². The van der Waals surface area contributed by atoms with Crippen molar-refractivity contribution in [2.75, 3.05) is 13.7 Å². The highest BCUT2D eigenvalue weighted by atomic mass is 15.2. The predicted octanol–water partition coefficient (Wildman–Crippen LogP) is -0.861. The van der Waals surface area contributed by atoms with Gasteiger partial charge in [0.15, 0.2) is 0 Å². The van der Waals surface area contributed by atoms with Gasteiger partial charge in [0, 0.05) is 6.67 Å². The summed E-state index contributed by atoms with van der Waals surface area (Å²) in [6.07, 6.45) is 0.0741. The third kappa shape index (κ3) is 2.56. The van der Waals surface area contributed by atoms with E-state index in [0.29, 0.717) is 6.67 Å². The van der Waals surface area contributed by atoms with Gasteiger partial charge in [0.25, 0.3) is 0 Å². The van der Waals surface area contributed by atoms with Crippen LogP contribution in [-0.4, -0.2) is 24.8 Å². The Labute approximate surface area is 44.3 Å². The maximum atomic E-state index is 5.39. The SMILES string of the molecule is CC(N)N(C)CN. The second-order valence-corrected chi connectivity index (χ2v) is 1.68. The van der Waals surface area contributed by atoms with Crippen LogP contribution in [0.15, 0.2) is 0 Å². The molecule has 0 aromatic carbocycles. The maximum Gasteiger partial charge on any atom is 0.0551 e. The summed E-state index contributed by atoms with van der Waals surface area (Å²) in [6.45, 7) is 2.42. The summed E-state index contributed by atoms with van der Waals surface area (Å²) in [7, 11) is 1.88. The van der Waals surface area contributed by atoms with Crippen LogP contribution in [0.3, 0.4) is 0 Å². The fourth-order valence-corrected chi connectivity index (χ4v) is 0.166. The van der Waals surface area contributed by atoms with Gasteiger partial charge in [0.05, 0.1) is 6.17 Å². The first-order valence-corrected chi connectivity index (χ1v) is 2.34. The predicted molar refractivity (Wildman–Crippen MR) is 30.5 cm³/mol. The third-order valence-electron chi connectivity index (χ3n) is 0.983. The normalized spacial score (nSPS) is 15.0. The fourth-order valence-electron chi connectivity index (χ4n) is 0.166. The van der Waals surface area contributed by atoms with Crippen molar-refractivity contribution in [3.05, 3.63) is 0 Å². The average Bonchev–Trinajstić information content (AvgIpc) is 1.65. The van der Waals surface area contributed by atoms with Crippen LogP contribution in [0, 0.1) is 0 Å². The van der Waals surface area contributed by atoms with Crippen LogP contribution < -0.4 is 11.5 Å². The van der Waals surface area contributed by atoms with Crippen LogP contribution in [0.25, 0.3) is 0 Å². The number of nitrogens with zero attached hydrogens (tertiary/aromatic N) is 1. The molecule has 0 heterocycles. The van der Waals surface area contributed by atoms with Crippen LogP contribution in [0.4, 0.5) is 0 Å². The molecule has 0 spiro atoms. The van der Waals surface area contributed by atoms with Crippen molar-refractivity contribution >= 4 is 0 Å². The molecule has 4 N–H and O–H groups in total. The van der Waals surface area contributed by atoms with Gasteiger partial charge in [-0.1, -0.05) is 0 Å². The lowest BCUT2D eigenvalue weighted by Crippen LogP contribution is -2.39. The smallest absolute Gasteiger partial charge is 0.0551 e. The van der Waals surface area contributed by atoms with Crippen molar-refractivity contribution < 1.29 is 0 Å². The molecular weight excluding hydrogens is 90.1 g/mol. The molecule has 0 amide bonds. The number of nitrogens with two attached hydrogens (primary N) is 2. The average molecular weight is 103 g/mol. The molecule has 0 radical (unpaired) electrons. The standard InChI is InChI=1S/C4H13N3/c1-4(6)7(2)3-5/h4H,3,5-6H2,1-2H3. The molecule has 0 aliphatic heterocycles. The molecule has 0 aliphatic rings. The Morgan fingerprint density at radius 3 is 2.14 bits per heavy atom. The Bertz CT molecular complexity index is 44.2. The van der Waals surface area contributed by atoms with Gasteiger partial charge in [-0.05, 0) is 14.0 Å². The van der Waals surface area contributed by atoms with E-state index >= 15 is 0 Å². The molecule has 0 fully saturated rings. The van der Waals surface area contributed by atoms with Crippen molar-refractivity contribution in [1.82, 2.24) is 4.90 Å². The van der Waals surface area contributed by atoms with E-state index in [-0.39, 0.29) is 6.17 Å². The fraction of sp³-hybridized carbons (Fsp3) is 1.00. The highest BCUT2D eigenvalue weighted by Gasteiger charge is 1.96. The minimum atomic E-state index is 0.0741. The summed E-state index contributed by atoms with van der Waals surface area (Å²) in [5.41, 5.74) is 10.6. The first-order valence-electron chi connectivity index (χ1n) is 2.34. The lowest BCUT2D eigenvalue weighted by Gasteiger charge is -2.17. The van der Waals surface area contributed by atoms with Crippen molar-refractivity contribution in [1.29, 1.82) is 0 Å². The van der Waals surface area contributed by atoms with E-state index in [1.165, 1.54) is 0 Å². The van der Waals surface area contributed by atoms with Gasteiger partial charge in [-0.2, -0.15) is 0 Å². The van der Waals surface area contributed by atoms with Crippen LogP contribution in [-0.2, 0) is 0 Å². The molecule has 0 saturated heterocycles. The van der Waals surface area contributed by atoms with Crippen molar-refractivity contribution in [2.24, 2.45) is 11.5 Å². The second-order valence-electron chi connectivity index (χ2n) is 1.68. The Morgan fingerprint density at radius 2 is 2.14 bits per heavy atom. The lowest BCUT2D eigenvalue weighted by molar-refractivity contribution is 0.271. The summed E-state index contributed by atoms with van der Waals surface area (Å²) in [5, 5.41) is 0. The Hall–Kier alpha value is -0.120. The number of rotatable bonds is 2. The van der Waals surface area contributed by atoms with E-state index in [0.717, 1.165) is 0 Å². The highest BCUT2D eigenvalue weighted by molar-refractivity contribution is 4.48. The molecule has 0 aliphatic carbocycles. The summed E-state index contributed by atoms with van der Waals surface area (Å²) >= 11 is 0. The van der Waals surface area contributed by atoms with Crippen molar-refractivity contribution in [3.8, 4) is 0 Å². The van der Waals surface area contributed by atoms with Crippen LogP contribution >= 0.6 is 0 Å². The first-order chi connectivity index (χ1) is 3.18. The maximum absolute atomic E-state index is 5.39. The molecule has 7 heavy (non-hydrogen) atoms. The topological polar surface area (TPSA) is 55.3 Å². The van der Waals surface area contributed by atoms with Gasteiger partial charge < -0.3 is 11.5 Å². The lowest BCUT2D eigenvalue weighted by atomic mass is 10.5. The Morgan fingerprint density at radius 1 is 1.71 bits per heavy atom. The van der Waals surface area contributed by atoms with Crippen LogP contribution in [0.5, 0.6) is 0 Å². The van der Waals surface area contributed by atoms with E-state index in [1.807, 2.05) is 18.9 Å². The van der Waals surface area contributed by atoms with Gasteiger partial charge in [-0.15, -0.1) is 0 Å².